The van der Waals surface area contributed by atoms with Crippen LogP contribution in [0.3, 0.4) is 0 Å². The molecule has 0 amide bonds. The number of nitrogens with zero attached hydrogens (tertiary/aromatic N) is 2. The van der Waals surface area contributed by atoms with Gasteiger partial charge in [0, 0.05) is 6.20 Å². The zero-order valence-electron chi connectivity index (χ0n) is 6.11. The van der Waals surface area contributed by atoms with Gasteiger partial charge in [-0.25, -0.2) is 0 Å². The van der Waals surface area contributed by atoms with E-state index in [2.05, 4.69) is 35.3 Å². The molecule has 2 heterocycles. The first kappa shape index (κ1) is 6.28. The van der Waals surface area contributed by atoms with Crippen LogP contribution in [-0.2, 0) is 0 Å². The van der Waals surface area contributed by atoms with Crippen molar-refractivity contribution in [1.82, 2.24) is 4.90 Å². The van der Waals surface area contributed by atoms with Gasteiger partial charge >= 0.3 is 0 Å². The van der Waals surface area contributed by atoms with Crippen molar-refractivity contribution in [3.8, 4) is 0 Å². The molecule has 10 heavy (non-hydrogen) atoms. The molecule has 0 aromatic carbocycles. The van der Waals surface area contributed by atoms with Crippen molar-refractivity contribution in [1.29, 1.82) is 0 Å². The molecular formula is C7H10N2S. The van der Waals surface area contributed by atoms with Crippen LogP contribution in [0, 0.1) is 0 Å². The zero-order chi connectivity index (χ0) is 7.14. The number of aliphatic imine (C=N–C) groups is 1. The maximum Gasteiger partial charge on any atom is 0.168 e. The lowest BCUT2D eigenvalue weighted by molar-refractivity contribution is 0.426. The second-order valence-electron chi connectivity index (χ2n) is 2.70. The molecule has 0 aromatic rings. The number of thioether (sulfide) groups is 1. The fourth-order valence-corrected chi connectivity index (χ4v) is 2.09. The topological polar surface area (TPSA) is 15.6 Å². The largest absolute Gasteiger partial charge is 0.322 e. The van der Waals surface area contributed by atoms with Gasteiger partial charge in [0.2, 0.25) is 0 Å². The molecule has 54 valence electrons. The summed E-state index contributed by atoms with van der Waals surface area (Å²) in [5.74, 6) is 0. The Kier molecular flexibility index (Phi) is 1.27. The summed E-state index contributed by atoms with van der Waals surface area (Å²) in [5, 5.41) is 3.25. The standard InChI is InChI=1S/C7H10N2S/c1-5-6(2)9-3-4-10-7(9)8-5/h3-6H,1-2H3/t5?,6-/m1/s1. The third-order valence-electron chi connectivity index (χ3n) is 2.07. The van der Waals surface area contributed by atoms with Gasteiger partial charge in [0.15, 0.2) is 5.17 Å². The lowest BCUT2D eigenvalue weighted by Crippen LogP contribution is -2.28. The number of fused-ring (bicyclic) bond motifs is 1. The van der Waals surface area contributed by atoms with Crippen LogP contribution >= 0.6 is 11.8 Å². The highest BCUT2D eigenvalue weighted by Crippen LogP contribution is 2.29. The number of rotatable bonds is 0. The van der Waals surface area contributed by atoms with Crippen molar-refractivity contribution in [2.75, 3.05) is 0 Å². The molecule has 2 atom stereocenters. The van der Waals surface area contributed by atoms with Crippen LogP contribution in [-0.4, -0.2) is 22.2 Å². The predicted molar refractivity (Wildman–Crippen MR) is 44.9 cm³/mol. The van der Waals surface area contributed by atoms with E-state index in [4.69, 9.17) is 0 Å². The third-order valence-corrected chi connectivity index (χ3v) is 2.85. The third kappa shape index (κ3) is 0.700. The first-order valence-corrected chi connectivity index (χ1v) is 4.36. The van der Waals surface area contributed by atoms with Crippen LogP contribution < -0.4 is 0 Å². The second kappa shape index (κ2) is 2.02. The van der Waals surface area contributed by atoms with E-state index >= 15 is 0 Å². The van der Waals surface area contributed by atoms with Crippen molar-refractivity contribution < 1.29 is 0 Å². The van der Waals surface area contributed by atoms with Crippen LogP contribution in [0.25, 0.3) is 0 Å². The average molecular weight is 154 g/mol. The van der Waals surface area contributed by atoms with Crippen LogP contribution in [0.5, 0.6) is 0 Å². The minimum Gasteiger partial charge on any atom is -0.322 e. The second-order valence-corrected chi connectivity index (χ2v) is 3.58. The Labute approximate surface area is 65.0 Å². The molecule has 0 fully saturated rings. The highest BCUT2D eigenvalue weighted by molar-refractivity contribution is 8.16. The zero-order valence-corrected chi connectivity index (χ0v) is 6.93. The van der Waals surface area contributed by atoms with Gasteiger partial charge in [0.05, 0.1) is 12.1 Å². The molecule has 2 nitrogen and oxygen atoms in total. The summed E-state index contributed by atoms with van der Waals surface area (Å²) < 4.78 is 0. The summed E-state index contributed by atoms with van der Waals surface area (Å²) in [6.07, 6.45) is 2.11. The van der Waals surface area contributed by atoms with Gasteiger partial charge in [-0.15, -0.1) is 0 Å². The monoisotopic (exact) mass is 154 g/mol. The van der Waals surface area contributed by atoms with Gasteiger partial charge in [0.1, 0.15) is 0 Å². The van der Waals surface area contributed by atoms with Gasteiger partial charge < -0.3 is 4.90 Å². The highest BCUT2D eigenvalue weighted by Gasteiger charge is 2.30. The molecule has 0 saturated carbocycles. The fraction of sp³-hybridized carbons (Fsp3) is 0.571. The molecule has 3 heteroatoms. The lowest BCUT2D eigenvalue weighted by Gasteiger charge is -2.17. The Bertz CT molecular complexity index is 210. The van der Waals surface area contributed by atoms with E-state index in [9.17, 15) is 0 Å². The molecule has 1 unspecified atom stereocenters. The quantitative estimate of drug-likeness (QED) is 0.527. The molecule has 2 aliphatic heterocycles. The minimum atomic E-state index is 0.465. The van der Waals surface area contributed by atoms with Gasteiger partial charge in [-0.3, -0.25) is 4.99 Å². The van der Waals surface area contributed by atoms with E-state index in [1.54, 1.807) is 11.8 Å². The van der Waals surface area contributed by atoms with E-state index in [0.717, 1.165) is 0 Å². The van der Waals surface area contributed by atoms with E-state index in [-0.39, 0.29) is 0 Å². The summed E-state index contributed by atoms with van der Waals surface area (Å²) in [7, 11) is 0. The molecular weight excluding hydrogens is 144 g/mol. The summed E-state index contributed by atoms with van der Waals surface area (Å²) in [5.41, 5.74) is 0. The van der Waals surface area contributed by atoms with Crippen molar-refractivity contribution in [2.24, 2.45) is 4.99 Å². The SMILES string of the molecule is CC1N=C2SC=CN2[C@@H]1C. The Morgan fingerprint density at radius 3 is 3.10 bits per heavy atom. The molecule has 0 aromatic heterocycles. The first-order valence-electron chi connectivity index (χ1n) is 3.48. The number of hydrogen-bond acceptors (Lipinski definition) is 3. The van der Waals surface area contributed by atoms with Crippen molar-refractivity contribution in [3.05, 3.63) is 11.6 Å². The first-order chi connectivity index (χ1) is 4.79. The number of amidine groups is 1. The normalized spacial score (nSPS) is 36.6. The predicted octanol–water partition coefficient (Wildman–Crippen LogP) is 1.65. The molecule has 0 spiro atoms. The van der Waals surface area contributed by atoms with Crippen LogP contribution in [0.2, 0.25) is 0 Å². The Balaban J connectivity index is 2.27. The fourth-order valence-electron chi connectivity index (χ4n) is 1.20. The molecule has 0 aliphatic carbocycles. The van der Waals surface area contributed by atoms with Gasteiger partial charge in [-0.2, -0.15) is 0 Å². The van der Waals surface area contributed by atoms with Crippen LogP contribution in [0.1, 0.15) is 13.8 Å². The molecule has 0 saturated heterocycles. The lowest BCUT2D eigenvalue weighted by atomic mass is 10.2. The van der Waals surface area contributed by atoms with Gasteiger partial charge in [0.25, 0.3) is 0 Å². The smallest absolute Gasteiger partial charge is 0.168 e. The van der Waals surface area contributed by atoms with E-state index in [1.807, 2.05) is 0 Å². The molecule has 2 aliphatic rings. The maximum absolute atomic E-state index is 4.47. The maximum atomic E-state index is 4.47. The highest BCUT2D eigenvalue weighted by atomic mass is 32.2. The Morgan fingerprint density at radius 1 is 1.60 bits per heavy atom. The molecule has 0 bridgehead atoms. The summed E-state index contributed by atoms with van der Waals surface area (Å²) in [4.78, 5) is 6.71. The van der Waals surface area contributed by atoms with Gasteiger partial charge in [-0.1, -0.05) is 11.8 Å². The molecule has 0 radical (unpaired) electrons. The van der Waals surface area contributed by atoms with Crippen LogP contribution in [0.4, 0.5) is 0 Å². The molecule has 2 rings (SSSR count). The summed E-state index contributed by atoms with van der Waals surface area (Å²) in [6, 6.07) is 1.02. The minimum absolute atomic E-state index is 0.465. The Hall–Kier alpha value is -0.440. The van der Waals surface area contributed by atoms with E-state index in [0.29, 0.717) is 12.1 Å². The summed E-state index contributed by atoms with van der Waals surface area (Å²) in [6.45, 7) is 4.36. The average Bonchev–Trinajstić information content (AvgIpc) is 2.41. The van der Waals surface area contributed by atoms with Crippen molar-refractivity contribution in [2.45, 2.75) is 25.9 Å². The van der Waals surface area contributed by atoms with Crippen molar-refractivity contribution in [3.63, 3.8) is 0 Å². The van der Waals surface area contributed by atoms with E-state index in [1.165, 1.54) is 5.17 Å². The van der Waals surface area contributed by atoms with Crippen molar-refractivity contribution >= 4 is 16.9 Å². The Morgan fingerprint density at radius 2 is 2.40 bits per heavy atom. The van der Waals surface area contributed by atoms with Crippen LogP contribution in [0.15, 0.2) is 16.6 Å². The number of hydrogen-bond donors (Lipinski definition) is 0. The molecule has 0 N–H and O–H groups in total. The van der Waals surface area contributed by atoms with Gasteiger partial charge in [-0.05, 0) is 19.3 Å². The summed E-state index contributed by atoms with van der Waals surface area (Å²) >= 11 is 1.72. The van der Waals surface area contributed by atoms with E-state index < -0.39 is 0 Å².